The van der Waals surface area contributed by atoms with Crippen LogP contribution in [-0.4, -0.2) is 29.4 Å². The van der Waals surface area contributed by atoms with Crippen molar-refractivity contribution in [2.75, 3.05) is 19.3 Å². The van der Waals surface area contributed by atoms with E-state index in [1.807, 2.05) is 0 Å². The van der Waals surface area contributed by atoms with Crippen LogP contribution >= 0.6 is 11.3 Å². The minimum atomic E-state index is -0.136. The Morgan fingerprint density at radius 2 is 2.40 bits per heavy atom. The predicted molar refractivity (Wildman–Crippen MR) is 81.9 cm³/mol. The summed E-state index contributed by atoms with van der Waals surface area (Å²) in [5, 5.41) is 0.896. The molecule has 0 saturated carbocycles. The first-order chi connectivity index (χ1) is 9.61. The number of nitrogens with zero attached hydrogens (tertiary/aromatic N) is 2. The largest absolute Gasteiger partial charge is 0.397 e. The number of fused-ring (bicyclic) bond motifs is 2. The van der Waals surface area contributed by atoms with Gasteiger partial charge >= 0.3 is 0 Å². The topological polar surface area (TPSA) is 59.2 Å². The van der Waals surface area contributed by atoms with E-state index in [9.17, 15) is 4.79 Å². The number of anilines is 1. The molecule has 0 fully saturated rings. The third kappa shape index (κ3) is 1.93. The highest BCUT2D eigenvalue weighted by Gasteiger charge is 2.22. The second kappa shape index (κ2) is 4.80. The molecule has 3 rings (SSSR count). The quantitative estimate of drug-likeness (QED) is 0.859. The van der Waals surface area contributed by atoms with Crippen molar-refractivity contribution in [1.82, 2.24) is 9.88 Å². The summed E-state index contributed by atoms with van der Waals surface area (Å²) in [6.07, 6.45) is 8.46. The van der Waals surface area contributed by atoms with Crippen molar-refractivity contribution in [3.63, 3.8) is 0 Å². The molecule has 2 aromatic rings. The number of hydrogen-bond donors (Lipinski definition) is 1. The van der Waals surface area contributed by atoms with Gasteiger partial charge in [-0.25, -0.2) is 4.98 Å². The number of thiophene rings is 1. The number of nitrogens with two attached hydrogens (primary N) is 1. The Morgan fingerprint density at radius 1 is 1.60 bits per heavy atom. The fraction of sp³-hybridized carbons (Fsp3) is 0.333. The molecule has 0 aromatic carbocycles. The molecule has 0 unspecified atom stereocenters. The van der Waals surface area contributed by atoms with Gasteiger partial charge in [-0.3, -0.25) is 4.79 Å². The van der Waals surface area contributed by atoms with Gasteiger partial charge in [-0.1, -0.05) is 5.92 Å². The number of carbonyl (C=O) groups excluding carboxylic acids is 1. The third-order valence-corrected chi connectivity index (χ3v) is 4.72. The summed E-state index contributed by atoms with van der Waals surface area (Å²) in [6.45, 7) is 0.274. The van der Waals surface area contributed by atoms with E-state index in [-0.39, 0.29) is 12.5 Å². The average molecular weight is 285 g/mol. The first-order valence-electron chi connectivity index (χ1n) is 6.51. The van der Waals surface area contributed by atoms with Crippen LogP contribution in [0.3, 0.4) is 0 Å². The molecule has 5 heteroatoms. The summed E-state index contributed by atoms with van der Waals surface area (Å²) in [5.74, 6) is 2.33. The molecule has 0 saturated heterocycles. The van der Waals surface area contributed by atoms with Crippen LogP contribution in [0.15, 0.2) is 6.07 Å². The van der Waals surface area contributed by atoms with Gasteiger partial charge in [0.2, 0.25) is 0 Å². The maximum absolute atomic E-state index is 12.3. The van der Waals surface area contributed by atoms with Crippen LogP contribution in [0.1, 0.15) is 27.3 Å². The van der Waals surface area contributed by atoms with E-state index in [0.29, 0.717) is 10.6 Å². The Labute approximate surface area is 121 Å². The van der Waals surface area contributed by atoms with Gasteiger partial charge in [-0.2, -0.15) is 0 Å². The van der Waals surface area contributed by atoms with Gasteiger partial charge in [-0.15, -0.1) is 17.8 Å². The zero-order valence-electron chi connectivity index (χ0n) is 11.3. The van der Waals surface area contributed by atoms with Crippen LogP contribution in [-0.2, 0) is 12.8 Å². The molecule has 1 aliphatic carbocycles. The molecule has 0 atom stereocenters. The van der Waals surface area contributed by atoms with Crippen molar-refractivity contribution < 1.29 is 4.79 Å². The molecular weight excluding hydrogens is 270 g/mol. The number of aryl methyl sites for hydroxylation is 2. The molecule has 4 nitrogen and oxygen atoms in total. The zero-order chi connectivity index (χ0) is 14.3. The lowest BCUT2D eigenvalue weighted by molar-refractivity contribution is 0.0818. The predicted octanol–water partition coefficient (Wildman–Crippen LogP) is 2.07. The van der Waals surface area contributed by atoms with Crippen molar-refractivity contribution in [3.8, 4) is 12.3 Å². The van der Waals surface area contributed by atoms with Crippen molar-refractivity contribution in [2.24, 2.45) is 0 Å². The monoisotopic (exact) mass is 285 g/mol. The fourth-order valence-corrected chi connectivity index (χ4v) is 3.63. The standard InChI is InChI=1S/C15H15N3OS/c1-3-7-18(2)15(19)13-12(16)10-8-9-5-4-6-11(9)17-14(10)20-13/h1,8H,4-7,16H2,2H3. The van der Waals surface area contributed by atoms with Crippen LogP contribution in [0.4, 0.5) is 5.69 Å². The highest BCUT2D eigenvalue weighted by molar-refractivity contribution is 7.21. The summed E-state index contributed by atoms with van der Waals surface area (Å²) in [4.78, 5) is 19.8. The van der Waals surface area contributed by atoms with Crippen LogP contribution in [0.25, 0.3) is 10.2 Å². The number of hydrogen-bond acceptors (Lipinski definition) is 4. The summed E-state index contributed by atoms with van der Waals surface area (Å²) >= 11 is 1.36. The first-order valence-corrected chi connectivity index (χ1v) is 7.33. The second-order valence-corrected chi connectivity index (χ2v) is 6.01. The minimum absolute atomic E-state index is 0.136. The molecule has 20 heavy (non-hydrogen) atoms. The van der Waals surface area contributed by atoms with E-state index in [1.54, 1.807) is 7.05 Å². The molecular formula is C15H15N3OS. The summed E-state index contributed by atoms with van der Waals surface area (Å²) in [7, 11) is 1.68. The van der Waals surface area contributed by atoms with E-state index >= 15 is 0 Å². The molecule has 0 bridgehead atoms. The average Bonchev–Trinajstić information content (AvgIpc) is 3.01. The number of aromatic nitrogens is 1. The highest BCUT2D eigenvalue weighted by atomic mass is 32.1. The zero-order valence-corrected chi connectivity index (χ0v) is 12.1. The Balaban J connectivity index is 2.08. The molecule has 0 spiro atoms. The van der Waals surface area contributed by atoms with Crippen molar-refractivity contribution >= 4 is 33.1 Å². The summed E-state index contributed by atoms with van der Waals surface area (Å²) in [5.41, 5.74) is 9.08. The van der Waals surface area contributed by atoms with E-state index < -0.39 is 0 Å². The second-order valence-electron chi connectivity index (χ2n) is 5.01. The molecule has 1 aliphatic rings. The number of pyridine rings is 1. The normalized spacial score (nSPS) is 13.2. The van der Waals surface area contributed by atoms with Crippen LogP contribution < -0.4 is 5.73 Å². The Bertz CT molecular complexity index is 742. The molecule has 1 amide bonds. The Kier molecular flexibility index (Phi) is 3.11. The van der Waals surface area contributed by atoms with Crippen molar-refractivity contribution in [1.29, 1.82) is 0 Å². The third-order valence-electron chi connectivity index (χ3n) is 3.62. The van der Waals surface area contributed by atoms with Gasteiger partial charge in [0.05, 0.1) is 12.2 Å². The van der Waals surface area contributed by atoms with E-state index in [2.05, 4.69) is 17.0 Å². The fourth-order valence-electron chi connectivity index (χ4n) is 2.54. The molecule has 2 aromatic heterocycles. The van der Waals surface area contributed by atoms with E-state index in [4.69, 9.17) is 12.2 Å². The smallest absolute Gasteiger partial charge is 0.266 e. The maximum Gasteiger partial charge on any atom is 0.266 e. The van der Waals surface area contributed by atoms with Gasteiger partial charge in [0.25, 0.3) is 5.91 Å². The van der Waals surface area contributed by atoms with E-state index in [0.717, 1.165) is 35.2 Å². The van der Waals surface area contributed by atoms with Gasteiger partial charge in [0.1, 0.15) is 9.71 Å². The molecule has 0 aliphatic heterocycles. The SMILES string of the molecule is C#CCN(C)C(=O)c1sc2nc3c(cc2c1N)CCC3. The minimum Gasteiger partial charge on any atom is -0.397 e. The first kappa shape index (κ1) is 12.9. The van der Waals surface area contributed by atoms with Crippen molar-refractivity contribution in [3.05, 3.63) is 22.2 Å². The molecule has 0 radical (unpaired) electrons. The summed E-state index contributed by atoms with van der Waals surface area (Å²) in [6, 6.07) is 2.09. The van der Waals surface area contributed by atoms with Crippen LogP contribution in [0.2, 0.25) is 0 Å². The maximum atomic E-state index is 12.3. The number of rotatable bonds is 2. The Hall–Kier alpha value is -2.06. The molecule has 2 heterocycles. The lowest BCUT2D eigenvalue weighted by Gasteiger charge is -2.12. The number of carbonyl (C=O) groups is 1. The highest BCUT2D eigenvalue weighted by Crippen LogP contribution is 2.36. The molecule has 102 valence electrons. The van der Waals surface area contributed by atoms with Gasteiger partial charge in [0.15, 0.2) is 0 Å². The van der Waals surface area contributed by atoms with Gasteiger partial charge in [-0.05, 0) is 30.9 Å². The van der Waals surface area contributed by atoms with Crippen molar-refractivity contribution in [2.45, 2.75) is 19.3 Å². The van der Waals surface area contributed by atoms with E-state index in [1.165, 1.54) is 21.8 Å². The lowest BCUT2D eigenvalue weighted by atomic mass is 10.1. The number of terminal acetylenes is 1. The summed E-state index contributed by atoms with van der Waals surface area (Å²) < 4.78 is 0. The van der Waals surface area contributed by atoms with Gasteiger partial charge in [0, 0.05) is 18.1 Å². The Morgan fingerprint density at radius 3 is 3.15 bits per heavy atom. The molecule has 2 N–H and O–H groups in total. The number of nitrogen functional groups attached to an aromatic ring is 1. The number of amides is 1. The van der Waals surface area contributed by atoms with Crippen LogP contribution in [0, 0.1) is 12.3 Å². The van der Waals surface area contributed by atoms with Crippen LogP contribution in [0.5, 0.6) is 0 Å². The van der Waals surface area contributed by atoms with Gasteiger partial charge < -0.3 is 10.6 Å². The lowest BCUT2D eigenvalue weighted by Crippen LogP contribution is -2.26.